The number of benzene rings is 1. The van der Waals surface area contributed by atoms with Crippen molar-refractivity contribution >= 4 is 5.69 Å². The van der Waals surface area contributed by atoms with Gasteiger partial charge in [-0.2, -0.15) is 0 Å². The second kappa shape index (κ2) is 6.35. The van der Waals surface area contributed by atoms with Crippen LogP contribution in [0, 0.1) is 0 Å². The van der Waals surface area contributed by atoms with Gasteiger partial charge >= 0.3 is 0 Å². The third-order valence-corrected chi connectivity index (χ3v) is 3.69. The topological polar surface area (TPSA) is 21.3 Å². The third kappa shape index (κ3) is 2.82. The number of ether oxygens (including phenoxy) is 1. The minimum atomic E-state index is -0.0137. The highest BCUT2D eigenvalue weighted by Gasteiger charge is 2.29. The standard InChI is InChI=1S/C20H19NO/c1-3-5-9-15-13-18-20(14-16(15)10-6-4-2)22-19-12-8-7-11-17(19)21-18/h3-14,18,20-21H,1-2H2/b9-5-,10-6-/t18-,20-/m0/s1. The number of fused-ring (bicyclic) bond motifs is 2. The first-order valence-electron chi connectivity index (χ1n) is 7.36. The van der Waals surface area contributed by atoms with Crippen molar-refractivity contribution in [3.8, 4) is 5.75 Å². The lowest BCUT2D eigenvalue weighted by Gasteiger charge is -2.35. The van der Waals surface area contributed by atoms with Gasteiger partial charge in [0.05, 0.1) is 11.7 Å². The van der Waals surface area contributed by atoms with Crippen LogP contribution in [0.25, 0.3) is 0 Å². The Morgan fingerprint density at radius 1 is 0.955 bits per heavy atom. The molecule has 110 valence electrons. The first-order chi connectivity index (χ1) is 10.8. The Kier molecular flexibility index (Phi) is 4.10. The molecule has 0 saturated carbocycles. The van der Waals surface area contributed by atoms with E-state index in [1.165, 1.54) is 0 Å². The van der Waals surface area contributed by atoms with Gasteiger partial charge in [-0.25, -0.2) is 0 Å². The SMILES string of the molecule is C=C/C=C\C1=C[C@@H]2Nc3ccccc3O[C@H]2C=C1/C=C\C=C. The molecule has 2 atom stereocenters. The quantitative estimate of drug-likeness (QED) is 0.819. The fraction of sp³-hybridized carbons (Fsp3) is 0.100. The molecule has 2 aliphatic rings. The van der Waals surface area contributed by atoms with Gasteiger partial charge in [0.2, 0.25) is 0 Å². The highest BCUT2D eigenvalue weighted by atomic mass is 16.5. The van der Waals surface area contributed by atoms with Crippen molar-refractivity contribution in [1.29, 1.82) is 0 Å². The summed E-state index contributed by atoms with van der Waals surface area (Å²) in [7, 11) is 0. The van der Waals surface area contributed by atoms with Gasteiger partial charge in [0.25, 0.3) is 0 Å². The van der Waals surface area contributed by atoms with Crippen LogP contribution in [0.1, 0.15) is 0 Å². The second-order valence-electron chi connectivity index (χ2n) is 5.18. The zero-order chi connectivity index (χ0) is 15.4. The molecule has 1 aromatic rings. The van der Waals surface area contributed by atoms with Crippen LogP contribution in [0.3, 0.4) is 0 Å². The Bertz CT molecular complexity index is 645. The van der Waals surface area contributed by atoms with Gasteiger partial charge in [0.15, 0.2) is 0 Å². The molecule has 3 rings (SSSR count). The molecule has 2 nitrogen and oxygen atoms in total. The number of hydrogen-bond donors (Lipinski definition) is 1. The Labute approximate surface area is 131 Å². The summed E-state index contributed by atoms with van der Waals surface area (Å²) in [5.74, 6) is 0.894. The predicted octanol–water partition coefficient (Wildman–Crippen LogP) is 4.58. The Balaban J connectivity index is 1.96. The van der Waals surface area contributed by atoms with Gasteiger partial charge in [0.1, 0.15) is 11.9 Å². The molecule has 0 saturated heterocycles. The normalized spacial score (nSPS) is 22.9. The molecule has 1 aliphatic heterocycles. The van der Waals surface area contributed by atoms with E-state index in [-0.39, 0.29) is 12.1 Å². The lowest BCUT2D eigenvalue weighted by Crippen LogP contribution is -2.40. The van der Waals surface area contributed by atoms with Crippen molar-refractivity contribution in [2.45, 2.75) is 12.1 Å². The van der Waals surface area contributed by atoms with Crippen molar-refractivity contribution in [3.05, 3.63) is 97.2 Å². The van der Waals surface area contributed by atoms with Gasteiger partial charge in [-0.05, 0) is 29.4 Å². The zero-order valence-corrected chi connectivity index (χ0v) is 12.4. The maximum absolute atomic E-state index is 6.11. The fourth-order valence-electron chi connectivity index (χ4n) is 2.65. The summed E-state index contributed by atoms with van der Waals surface area (Å²) >= 11 is 0. The van der Waals surface area contributed by atoms with Crippen LogP contribution >= 0.6 is 0 Å². The molecule has 0 spiro atoms. The Morgan fingerprint density at radius 2 is 1.64 bits per heavy atom. The highest BCUT2D eigenvalue weighted by molar-refractivity contribution is 5.62. The van der Waals surface area contributed by atoms with Gasteiger partial charge in [0, 0.05) is 0 Å². The van der Waals surface area contributed by atoms with Gasteiger partial charge in [-0.1, -0.05) is 67.8 Å². The molecule has 1 aromatic carbocycles. The predicted molar refractivity (Wildman–Crippen MR) is 93.1 cm³/mol. The Morgan fingerprint density at radius 3 is 2.36 bits per heavy atom. The molecule has 0 fully saturated rings. The average molecular weight is 289 g/mol. The molecule has 1 aliphatic carbocycles. The van der Waals surface area contributed by atoms with Crippen LogP contribution in [0.15, 0.2) is 97.2 Å². The second-order valence-corrected chi connectivity index (χ2v) is 5.18. The molecule has 0 amide bonds. The third-order valence-electron chi connectivity index (χ3n) is 3.69. The summed E-state index contributed by atoms with van der Waals surface area (Å²) in [5.41, 5.74) is 3.31. The largest absolute Gasteiger partial charge is 0.482 e. The maximum atomic E-state index is 6.11. The van der Waals surface area contributed by atoms with Crippen LogP contribution in [0.2, 0.25) is 0 Å². The first kappa shape index (κ1) is 14.2. The molecule has 0 aromatic heterocycles. The van der Waals surface area contributed by atoms with E-state index in [2.05, 4.69) is 36.7 Å². The lowest BCUT2D eigenvalue weighted by atomic mass is 9.91. The fourth-order valence-corrected chi connectivity index (χ4v) is 2.65. The summed E-state index contributed by atoms with van der Waals surface area (Å²) < 4.78 is 6.11. The van der Waals surface area contributed by atoms with Crippen molar-refractivity contribution < 1.29 is 4.74 Å². The Hall–Kier alpha value is -2.74. The van der Waals surface area contributed by atoms with Crippen molar-refractivity contribution in [3.63, 3.8) is 0 Å². The summed E-state index contributed by atoms with van der Waals surface area (Å²) in [6.07, 6.45) is 15.9. The molecule has 1 N–H and O–H groups in total. The van der Waals surface area contributed by atoms with Gasteiger partial charge in [-0.3, -0.25) is 0 Å². The zero-order valence-electron chi connectivity index (χ0n) is 12.4. The molecular formula is C20H19NO. The van der Waals surface area contributed by atoms with E-state index in [9.17, 15) is 0 Å². The molecule has 0 radical (unpaired) electrons. The molecule has 0 bridgehead atoms. The molecular weight excluding hydrogens is 270 g/mol. The van der Waals surface area contributed by atoms with E-state index in [0.717, 1.165) is 22.6 Å². The van der Waals surface area contributed by atoms with E-state index in [1.807, 2.05) is 42.5 Å². The number of allylic oxidation sites excluding steroid dienone is 8. The lowest BCUT2D eigenvalue weighted by molar-refractivity contribution is 0.228. The van der Waals surface area contributed by atoms with Crippen LogP contribution in [-0.4, -0.2) is 12.1 Å². The number of nitrogens with one attached hydrogen (secondary N) is 1. The van der Waals surface area contributed by atoms with Crippen LogP contribution < -0.4 is 10.1 Å². The van der Waals surface area contributed by atoms with E-state index >= 15 is 0 Å². The maximum Gasteiger partial charge on any atom is 0.143 e. The van der Waals surface area contributed by atoms with Crippen molar-refractivity contribution in [1.82, 2.24) is 0 Å². The van der Waals surface area contributed by atoms with Gasteiger partial charge in [-0.15, -0.1) is 0 Å². The highest BCUT2D eigenvalue weighted by Crippen LogP contribution is 2.35. The van der Waals surface area contributed by atoms with E-state index in [1.54, 1.807) is 12.2 Å². The molecule has 0 unspecified atom stereocenters. The van der Waals surface area contributed by atoms with E-state index < -0.39 is 0 Å². The molecule has 22 heavy (non-hydrogen) atoms. The van der Waals surface area contributed by atoms with E-state index in [0.29, 0.717) is 0 Å². The minimum Gasteiger partial charge on any atom is -0.482 e. The monoisotopic (exact) mass is 289 g/mol. The number of hydrogen-bond acceptors (Lipinski definition) is 2. The summed E-state index contributed by atoms with van der Waals surface area (Å²) in [5, 5.41) is 3.53. The first-order valence-corrected chi connectivity index (χ1v) is 7.36. The average Bonchev–Trinajstić information content (AvgIpc) is 2.55. The summed E-state index contributed by atoms with van der Waals surface area (Å²) in [6.45, 7) is 7.47. The number of anilines is 1. The van der Waals surface area contributed by atoms with Crippen LogP contribution in [-0.2, 0) is 0 Å². The summed E-state index contributed by atoms with van der Waals surface area (Å²) in [4.78, 5) is 0. The van der Waals surface area contributed by atoms with Gasteiger partial charge < -0.3 is 10.1 Å². The molecule has 1 heterocycles. The van der Waals surface area contributed by atoms with Crippen molar-refractivity contribution in [2.24, 2.45) is 0 Å². The number of para-hydroxylation sites is 2. The van der Waals surface area contributed by atoms with Crippen LogP contribution in [0.5, 0.6) is 5.75 Å². The minimum absolute atomic E-state index is 0.0137. The van der Waals surface area contributed by atoms with Crippen molar-refractivity contribution in [2.75, 3.05) is 5.32 Å². The smallest absolute Gasteiger partial charge is 0.143 e. The summed E-state index contributed by atoms with van der Waals surface area (Å²) in [6, 6.07) is 8.15. The van der Waals surface area contributed by atoms with Crippen LogP contribution in [0.4, 0.5) is 5.69 Å². The van der Waals surface area contributed by atoms with E-state index in [4.69, 9.17) is 4.74 Å². The number of rotatable bonds is 4. The molecule has 2 heteroatoms.